The van der Waals surface area contributed by atoms with Gasteiger partial charge in [-0.25, -0.2) is 4.79 Å². The van der Waals surface area contributed by atoms with Crippen LogP contribution in [0.1, 0.15) is 28.8 Å². The molecule has 6 nitrogen and oxygen atoms in total. The Morgan fingerprint density at radius 2 is 1.89 bits per heavy atom. The first kappa shape index (κ1) is 20.0. The second kappa shape index (κ2) is 8.54. The molecule has 1 aromatic heterocycles. The number of aromatic nitrogens is 1. The van der Waals surface area contributed by atoms with Crippen molar-refractivity contribution < 1.29 is 19.4 Å². The summed E-state index contributed by atoms with van der Waals surface area (Å²) in [7, 11) is 3.16. The van der Waals surface area contributed by atoms with Crippen molar-refractivity contribution in [1.29, 1.82) is 0 Å². The zero-order valence-electron chi connectivity index (χ0n) is 15.8. The number of aromatic carboxylic acids is 1. The summed E-state index contributed by atoms with van der Waals surface area (Å²) >= 11 is 6.39. The third-order valence-electron chi connectivity index (χ3n) is 4.79. The minimum absolute atomic E-state index is 0.227. The van der Waals surface area contributed by atoms with Gasteiger partial charge in [0.15, 0.2) is 11.5 Å². The van der Waals surface area contributed by atoms with Crippen LogP contribution in [-0.4, -0.2) is 36.8 Å². The Labute approximate surface area is 168 Å². The number of methoxy groups -OCH3 is 2. The second-order valence-electron chi connectivity index (χ2n) is 6.44. The molecular weight excluding hydrogens is 380 g/mol. The molecule has 0 fully saturated rings. The Balaban J connectivity index is 2.26. The number of fused-ring (bicyclic) bond motifs is 1. The fourth-order valence-corrected chi connectivity index (χ4v) is 3.66. The number of hydrogen-bond donors (Lipinski definition) is 3. The van der Waals surface area contributed by atoms with Crippen molar-refractivity contribution in [2.75, 3.05) is 20.8 Å². The molecule has 0 bridgehead atoms. The van der Waals surface area contributed by atoms with Crippen LogP contribution >= 0.6 is 11.6 Å². The molecule has 7 heteroatoms. The van der Waals surface area contributed by atoms with Gasteiger partial charge in [0.05, 0.1) is 30.3 Å². The van der Waals surface area contributed by atoms with Gasteiger partial charge in [-0.05, 0) is 61.7 Å². The fourth-order valence-electron chi connectivity index (χ4n) is 3.45. The lowest BCUT2D eigenvalue weighted by atomic mass is 9.97. The average Bonchev–Trinajstić information content (AvgIpc) is 3.08. The van der Waals surface area contributed by atoms with Gasteiger partial charge < -0.3 is 25.3 Å². The van der Waals surface area contributed by atoms with E-state index >= 15 is 0 Å². The van der Waals surface area contributed by atoms with Gasteiger partial charge in [-0.3, -0.25) is 0 Å². The third kappa shape index (κ3) is 3.66. The predicted molar refractivity (Wildman–Crippen MR) is 111 cm³/mol. The molecule has 1 heterocycles. The number of carbonyl (C=O) groups is 1. The van der Waals surface area contributed by atoms with Gasteiger partial charge in [0.25, 0.3) is 0 Å². The number of halogens is 1. The monoisotopic (exact) mass is 402 g/mol. The van der Waals surface area contributed by atoms with Crippen molar-refractivity contribution in [2.24, 2.45) is 5.73 Å². The molecule has 148 valence electrons. The Kier molecular flexibility index (Phi) is 6.11. The van der Waals surface area contributed by atoms with E-state index in [0.717, 1.165) is 29.7 Å². The Hall–Kier alpha value is -2.70. The SMILES string of the molecule is COc1ccc(-c2[nH]c3c(Cl)ccc(C(=O)O)c3c2CCCCN)cc1OC. The maximum Gasteiger partial charge on any atom is 0.336 e. The lowest BCUT2D eigenvalue weighted by Crippen LogP contribution is -2.01. The molecular formula is C21H23ClN2O4. The number of nitrogens with two attached hydrogens (primary N) is 1. The molecule has 0 aliphatic heterocycles. The van der Waals surface area contributed by atoms with Crippen LogP contribution in [0.5, 0.6) is 11.5 Å². The highest BCUT2D eigenvalue weighted by Crippen LogP contribution is 2.39. The zero-order chi connectivity index (χ0) is 20.3. The highest BCUT2D eigenvalue weighted by molar-refractivity contribution is 6.36. The van der Waals surface area contributed by atoms with Crippen LogP contribution in [0.3, 0.4) is 0 Å². The first-order valence-electron chi connectivity index (χ1n) is 9.00. The molecule has 0 saturated carbocycles. The number of hydrogen-bond acceptors (Lipinski definition) is 4. The summed E-state index contributed by atoms with van der Waals surface area (Å²) in [5, 5.41) is 10.8. The summed E-state index contributed by atoms with van der Waals surface area (Å²) in [4.78, 5) is 15.2. The minimum Gasteiger partial charge on any atom is -0.493 e. The first-order valence-corrected chi connectivity index (χ1v) is 9.38. The largest absolute Gasteiger partial charge is 0.493 e. The number of aromatic amines is 1. The van der Waals surface area contributed by atoms with Crippen LogP contribution in [-0.2, 0) is 6.42 Å². The van der Waals surface area contributed by atoms with Gasteiger partial charge in [-0.1, -0.05) is 11.6 Å². The summed E-state index contributed by atoms with van der Waals surface area (Å²) < 4.78 is 10.7. The van der Waals surface area contributed by atoms with Crippen molar-refractivity contribution in [1.82, 2.24) is 4.98 Å². The number of H-pyrrole nitrogens is 1. The number of nitrogens with one attached hydrogen (secondary N) is 1. The molecule has 0 saturated heterocycles. The summed E-state index contributed by atoms with van der Waals surface area (Å²) in [6, 6.07) is 8.75. The van der Waals surface area contributed by atoms with Crippen LogP contribution in [0.2, 0.25) is 5.02 Å². The molecule has 0 atom stereocenters. The van der Waals surface area contributed by atoms with E-state index in [1.165, 1.54) is 0 Å². The minimum atomic E-state index is -0.986. The van der Waals surface area contributed by atoms with Crippen LogP contribution < -0.4 is 15.2 Å². The molecule has 0 amide bonds. The van der Waals surface area contributed by atoms with Crippen molar-refractivity contribution >= 4 is 28.5 Å². The van der Waals surface area contributed by atoms with E-state index in [-0.39, 0.29) is 5.56 Å². The number of aryl methyl sites for hydroxylation is 1. The topological polar surface area (TPSA) is 97.6 Å². The van der Waals surface area contributed by atoms with E-state index in [2.05, 4.69) is 4.98 Å². The van der Waals surface area contributed by atoms with E-state index in [4.69, 9.17) is 26.8 Å². The van der Waals surface area contributed by atoms with Crippen molar-refractivity contribution in [3.8, 4) is 22.8 Å². The molecule has 4 N–H and O–H groups in total. The fraction of sp³-hybridized carbons (Fsp3) is 0.286. The van der Waals surface area contributed by atoms with Gasteiger partial charge in [0, 0.05) is 16.6 Å². The van der Waals surface area contributed by atoms with E-state index in [0.29, 0.717) is 40.4 Å². The van der Waals surface area contributed by atoms with Crippen LogP contribution in [0.25, 0.3) is 22.2 Å². The van der Waals surface area contributed by atoms with Crippen molar-refractivity contribution in [3.05, 3.63) is 46.5 Å². The molecule has 0 aliphatic rings. The van der Waals surface area contributed by atoms with E-state index in [1.807, 2.05) is 18.2 Å². The molecule has 3 rings (SSSR count). The Bertz CT molecular complexity index is 1010. The Morgan fingerprint density at radius 1 is 1.14 bits per heavy atom. The first-order chi connectivity index (χ1) is 13.5. The second-order valence-corrected chi connectivity index (χ2v) is 6.85. The number of benzene rings is 2. The maximum atomic E-state index is 11.8. The third-order valence-corrected chi connectivity index (χ3v) is 5.11. The molecule has 0 aliphatic carbocycles. The summed E-state index contributed by atoms with van der Waals surface area (Å²) in [6.07, 6.45) is 2.37. The number of unbranched alkanes of at least 4 members (excludes halogenated alkanes) is 1. The van der Waals surface area contributed by atoms with Crippen LogP contribution in [0, 0.1) is 0 Å². The van der Waals surface area contributed by atoms with Crippen LogP contribution in [0.4, 0.5) is 0 Å². The lowest BCUT2D eigenvalue weighted by Gasteiger charge is -2.11. The van der Waals surface area contributed by atoms with Crippen molar-refractivity contribution in [3.63, 3.8) is 0 Å². The number of carboxylic acids is 1. The highest BCUT2D eigenvalue weighted by Gasteiger charge is 2.21. The molecule has 0 spiro atoms. The molecule has 28 heavy (non-hydrogen) atoms. The smallest absolute Gasteiger partial charge is 0.336 e. The quantitative estimate of drug-likeness (QED) is 0.482. The number of rotatable bonds is 8. The van der Waals surface area contributed by atoms with E-state index in [1.54, 1.807) is 26.4 Å². The van der Waals surface area contributed by atoms with E-state index in [9.17, 15) is 9.90 Å². The highest BCUT2D eigenvalue weighted by atomic mass is 35.5. The molecule has 0 radical (unpaired) electrons. The Morgan fingerprint density at radius 3 is 2.54 bits per heavy atom. The zero-order valence-corrected chi connectivity index (χ0v) is 16.6. The number of ether oxygens (including phenoxy) is 2. The van der Waals surface area contributed by atoms with Gasteiger partial charge in [-0.15, -0.1) is 0 Å². The van der Waals surface area contributed by atoms with Crippen LogP contribution in [0.15, 0.2) is 30.3 Å². The molecule has 0 unspecified atom stereocenters. The number of carboxylic acid groups (broad SMARTS) is 1. The normalized spacial score (nSPS) is 11.0. The van der Waals surface area contributed by atoms with Gasteiger partial charge in [0.2, 0.25) is 0 Å². The summed E-state index contributed by atoms with van der Waals surface area (Å²) in [5.41, 5.74) is 9.10. The maximum absolute atomic E-state index is 11.8. The van der Waals surface area contributed by atoms with Gasteiger partial charge in [-0.2, -0.15) is 0 Å². The molecule has 2 aromatic carbocycles. The van der Waals surface area contributed by atoms with Gasteiger partial charge >= 0.3 is 5.97 Å². The van der Waals surface area contributed by atoms with Gasteiger partial charge in [0.1, 0.15) is 0 Å². The van der Waals surface area contributed by atoms with E-state index < -0.39 is 5.97 Å². The standard InChI is InChI=1S/C21H23ClN2O4/c1-27-16-9-6-12(11-17(16)28-2)19-13(5-3-4-10-23)18-14(21(25)26)7-8-15(22)20(18)24-19/h6-9,11,24H,3-5,10,23H2,1-2H3,(H,25,26). The van der Waals surface area contributed by atoms with Crippen molar-refractivity contribution in [2.45, 2.75) is 19.3 Å². The predicted octanol–water partition coefficient (Wildman–Crippen LogP) is 4.49. The average molecular weight is 403 g/mol. The molecule has 3 aromatic rings. The lowest BCUT2D eigenvalue weighted by molar-refractivity contribution is 0.0699. The summed E-state index contributed by atoms with van der Waals surface area (Å²) in [5.74, 6) is 0.229. The summed E-state index contributed by atoms with van der Waals surface area (Å²) in [6.45, 7) is 0.584.